The van der Waals surface area contributed by atoms with Gasteiger partial charge in [0.25, 0.3) is 0 Å². The molecule has 66 heavy (non-hydrogen) atoms. The highest BCUT2D eigenvalue weighted by atomic mass is 15.0. The molecule has 0 saturated heterocycles. The van der Waals surface area contributed by atoms with Gasteiger partial charge in [-0.3, -0.25) is 15.0 Å². The average molecular weight is 849 g/mol. The number of nitrogens with zero attached hydrogens (tertiary/aromatic N) is 6. The molecule has 0 spiro atoms. The van der Waals surface area contributed by atoms with Crippen LogP contribution in [0.5, 0.6) is 0 Å². The van der Waals surface area contributed by atoms with Gasteiger partial charge in [-0.25, -0.2) is 0 Å². The molecule has 0 aliphatic carbocycles. The molecule has 0 bridgehead atoms. The minimum absolute atomic E-state index is 0.836. The minimum Gasteiger partial charge on any atom is -0.308 e. The van der Waals surface area contributed by atoms with Gasteiger partial charge in [0.05, 0.1) is 45.7 Å². The predicted molar refractivity (Wildman–Crippen MR) is 271 cm³/mol. The summed E-state index contributed by atoms with van der Waals surface area (Å²) >= 11 is 0. The highest BCUT2D eigenvalue weighted by Crippen LogP contribution is 2.35. The van der Waals surface area contributed by atoms with Gasteiger partial charge in [-0.15, -0.1) is 0 Å². The van der Waals surface area contributed by atoms with E-state index in [0.29, 0.717) is 0 Å². The summed E-state index contributed by atoms with van der Waals surface area (Å²) in [5, 5.41) is 6.23. The summed E-state index contributed by atoms with van der Waals surface area (Å²) in [5.41, 5.74) is 19.7. The molecule has 5 aromatic heterocycles. The molecule has 1 aliphatic rings. The van der Waals surface area contributed by atoms with E-state index in [1.807, 2.05) is 24.8 Å². The van der Waals surface area contributed by atoms with Crippen molar-refractivity contribution >= 4 is 60.7 Å². The number of benzene rings is 7. The van der Waals surface area contributed by atoms with Gasteiger partial charge < -0.3 is 13.7 Å². The first-order chi connectivity index (χ1) is 32.7. The Balaban J connectivity index is 0.831. The molecular weight excluding hydrogens is 805 g/mol. The van der Waals surface area contributed by atoms with Crippen molar-refractivity contribution in [3.8, 4) is 17.1 Å². The third kappa shape index (κ3) is 6.52. The minimum atomic E-state index is 0.836. The van der Waals surface area contributed by atoms with Crippen LogP contribution < -0.4 is 0 Å². The van der Waals surface area contributed by atoms with Crippen LogP contribution in [0.15, 0.2) is 206 Å². The van der Waals surface area contributed by atoms with E-state index in [0.717, 1.165) is 54.6 Å². The van der Waals surface area contributed by atoms with Crippen molar-refractivity contribution in [1.29, 1.82) is 0 Å². The fraction of sp³-hybridized carbons (Fsp3) is 0.0833. The van der Waals surface area contributed by atoms with Gasteiger partial charge in [-0.1, -0.05) is 109 Å². The van der Waals surface area contributed by atoms with Gasteiger partial charge in [0, 0.05) is 69.1 Å². The summed E-state index contributed by atoms with van der Waals surface area (Å²) in [6.07, 6.45) is 13.3. The third-order valence-electron chi connectivity index (χ3n) is 13.6. The lowest BCUT2D eigenvalue weighted by atomic mass is 9.94. The van der Waals surface area contributed by atoms with Crippen LogP contribution in [0, 0.1) is 0 Å². The first-order valence-electron chi connectivity index (χ1n) is 22.9. The maximum atomic E-state index is 4.67. The molecule has 0 saturated carbocycles. The van der Waals surface area contributed by atoms with Crippen LogP contribution in [0.25, 0.3) is 71.6 Å². The molecule has 0 unspecified atom stereocenters. The molecule has 0 N–H and O–H groups in total. The number of hydrogen-bond donors (Lipinski definition) is 0. The van der Waals surface area contributed by atoms with Crippen LogP contribution in [0.1, 0.15) is 44.6 Å². The summed E-state index contributed by atoms with van der Waals surface area (Å²) in [6, 6.07) is 64.8. The second kappa shape index (κ2) is 15.7. The lowest BCUT2D eigenvalue weighted by Crippen LogP contribution is -2.06. The fourth-order valence-corrected chi connectivity index (χ4v) is 10.7. The van der Waals surface area contributed by atoms with E-state index in [1.54, 1.807) is 0 Å². The topological polar surface area (TPSA) is 52.9 Å². The van der Waals surface area contributed by atoms with Gasteiger partial charge in [0.2, 0.25) is 0 Å². The maximum absolute atomic E-state index is 4.67. The van der Waals surface area contributed by atoms with Gasteiger partial charge >= 0.3 is 0 Å². The highest BCUT2D eigenvalue weighted by molar-refractivity contribution is 6.10. The molecule has 6 nitrogen and oxygen atoms in total. The molecule has 0 amide bonds. The standard InChI is InChI=1S/C60H44N6/c1-4-10-55-49(7-1)52-25-28-61-37-58(52)64(55)46-19-13-40(14-20-46)31-43-34-44(32-41-15-21-47(22-16-41)65-56-11-5-2-8-50(56)53-26-29-62-38-59(53)65)36-45(35-43)33-42-17-23-48(24-18-42)66-57-12-6-3-9-51(57)54-27-30-63-39-60(54)66/h1-26,28-29,34-39H,27,30-33H2. The van der Waals surface area contributed by atoms with Gasteiger partial charge in [0.15, 0.2) is 0 Å². The van der Waals surface area contributed by atoms with Crippen LogP contribution in [0.2, 0.25) is 0 Å². The van der Waals surface area contributed by atoms with Gasteiger partial charge in [-0.2, -0.15) is 0 Å². The van der Waals surface area contributed by atoms with E-state index in [4.69, 9.17) is 0 Å². The van der Waals surface area contributed by atoms with E-state index in [2.05, 4.69) is 211 Å². The number of hydrogen-bond acceptors (Lipinski definition) is 3. The van der Waals surface area contributed by atoms with E-state index < -0.39 is 0 Å². The van der Waals surface area contributed by atoms with E-state index >= 15 is 0 Å². The van der Waals surface area contributed by atoms with Crippen LogP contribution in [0.3, 0.4) is 0 Å². The van der Waals surface area contributed by atoms with Crippen LogP contribution in [0.4, 0.5) is 0 Å². The molecular formula is C60H44N6. The third-order valence-corrected chi connectivity index (χ3v) is 13.6. The number of aromatic nitrogens is 5. The summed E-state index contributed by atoms with van der Waals surface area (Å²) in [5.74, 6) is 0. The van der Waals surface area contributed by atoms with Crippen molar-refractivity contribution in [3.05, 3.63) is 245 Å². The lowest BCUT2D eigenvalue weighted by molar-refractivity contribution is 0.939. The van der Waals surface area contributed by atoms with Gasteiger partial charge in [0.1, 0.15) is 0 Å². The number of fused-ring (bicyclic) bond motifs is 9. The summed E-state index contributed by atoms with van der Waals surface area (Å²) in [6.45, 7) is 0.846. The lowest BCUT2D eigenvalue weighted by Gasteiger charge is -2.14. The molecule has 13 rings (SSSR count). The zero-order valence-electron chi connectivity index (χ0n) is 36.3. The smallest absolute Gasteiger partial charge is 0.0724 e. The summed E-state index contributed by atoms with van der Waals surface area (Å²) in [7, 11) is 0. The molecule has 12 aromatic rings. The molecule has 0 atom stereocenters. The monoisotopic (exact) mass is 848 g/mol. The second-order valence-electron chi connectivity index (χ2n) is 17.7. The zero-order chi connectivity index (χ0) is 43.6. The fourth-order valence-electron chi connectivity index (χ4n) is 10.7. The molecule has 314 valence electrons. The Kier molecular flexibility index (Phi) is 9.08. The maximum Gasteiger partial charge on any atom is 0.0724 e. The number of rotatable bonds is 9. The highest BCUT2D eigenvalue weighted by Gasteiger charge is 2.19. The molecule has 0 fully saturated rings. The van der Waals surface area contributed by atoms with E-state index in [9.17, 15) is 0 Å². The van der Waals surface area contributed by atoms with E-state index in [-0.39, 0.29) is 0 Å². The SMILES string of the molecule is C1=NCCc2c1n(-c1ccc(Cc3cc(Cc4ccc(-n5c6ccccc6c6ccncc65)cc4)cc(Cc4ccc(-n5c6ccccc6c6ccncc65)cc4)c3)cc1)c1ccccc21. The molecule has 7 aromatic carbocycles. The number of pyridine rings is 2. The Hall–Kier alpha value is -8.35. The first-order valence-corrected chi connectivity index (χ1v) is 22.9. The van der Waals surface area contributed by atoms with E-state index in [1.165, 1.54) is 93.8 Å². The van der Waals surface area contributed by atoms with Crippen LogP contribution >= 0.6 is 0 Å². The summed E-state index contributed by atoms with van der Waals surface area (Å²) < 4.78 is 7.04. The Morgan fingerprint density at radius 3 is 1.23 bits per heavy atom. The van der Waals surface area contributed by atoms with Crippen molar-refractivity contribution in [2.24, 2.45) is 4.99 Å². The Labute approximate surface area is 382 Å². The van der Waals surface area contributed by atoms with Gasteiger partial charge in [-0.05, 0) is 131 Å². The van der Waals surface area contributed by atoms with Crippen molar-refractivity contribution in [3.63, 3.8) is 0 Å². The molecule has 6 heteroatoms. The Morgan fingerprint density at radius 2 is 0.758 bits per heavy atom. The van der Waals surface area contributed by atoms with Crippen LogP contribution in [-0.4, -0.2) is 36.4 Å². The number of aliphatic imine (C=N–C) groups is 1. The number of para-hydroxylation sites is 3. The first kappa shape index (κ1) is 38.1. The second-order valence-corrected chi connectivity index (χ2v) is 17.7. The summed E-state index contributed by atoms with van der Waals surface area (Å²) in [4.78, 5) is 13.7. The molecule has 0 radical (unpaired) electrons. The van der Waals surface area contributed by atoms with Crippen molar-refractivity contribution in [2.45, 2.75) is 25.7 Å². The van der Waals surface area contributed by atoms with Crippen molar-refractivity contribution in [1.82, 2.24) is 23.7 Å². The Bertz CT molecular complexity index is 3540. The van der Waals surface area contributed by atoms with Crippen LogP contribution in [-0.2, 0) is 25.7 Å². The van der Waals surface area contributed by atoms with Crippen molar-refractivity contribution in [2.75, 3.05) is 6.54 Å². The predicted octanol–water partition coefficient (Wildman–Crippen LogP) is 13.4. The van der Waals surface area contributed by atoms with Crippen molar-refractivity contribution < 1.29 is 0 Å². The quantitative estimate of drug-likeness (QED) is 0.145. The Morgan fingerprint density at radius 1 is 0.364 bits per heavy atom. The normalized spacial score (nSPS) is 12.5. The molecule has 6 heterocycles. The molecule has 1 aliphatic heterocycles. The zero-order valence-corrected chi connectivity index (χ0v) is 36.3. The average Bonchev–Trinajstić information content (AvgIpc) is 4.01. The largest absolute Gasteiger partial charge is 0.308 e.